The number of likely N-dealkylation sites (tertiary alicyclic amines) is 1. The third-order valence-corrected chi connectivity index (χ3v) is 5.81. The molecule has 0 bridgehead atoms. The number of aryl methyl sites for hydroxylation is 2. The molecular weight excluding hydrogens is 376 g/mol. The molecule has 0 saturated carbocycles. The number of hydrogen-bond donors (Lipinski definition) is 0. The van der Waals surface area contributed by atoms with Crippen LogP contribution in [0.4, 0.5) is 0 Å². The maximum atomic E-state index is 12.9. The van der Waals surface area contributed by atoms with Crippen LogP contribution in [0, 0.1) is 19.8 Å². The summed E-state index contributed by atoms with van der Waals surface area (Å²) in [4.78, 5) is 31.6. The number of carbonyl (C=O) groups excluding carboxylic acids is 2. The molecule has 1 aliphatic rings. The van der Waals surface area contributed by atoms with Crippen LogP contribution < -0.4 is 0 Å². The summed E-state index contributed by atoms with van der Waals surface area (Å²) < 4.78 is 1.74. The lowest BCUT2D eigenvalue weighted by Crippen LogP contribution is -2.40. The van der Waals surface area contributed by atoms with Crippen LogP contribution in [-0.4, -0.2) is 44.4 Å². The van der Waals surface area contributed by atoms with Gasteiger partial charge in [0, 0.05) is 30.1 Å². The molecule has 6 nitrogen and oxygen atoms in total. The van der Waals surface area contributed by atoms with Crippen molar-refractivity contribution in [3.05, 3.63) is 82.9 Å². The number of Topliss-reactive ketones (excluding diaryl/α,β-unsaturated/α-hetero) is 1. The number of piperidine rings is 1. The lowest BCUT2D eigenvalue weighted by molar-refractivity contribution is 0.0650. The molecule has 30 heavy (non-hydrogen) atoms. The Morgan fingerprint density at radius 1 is 1.03 bits per heavy atom. The molecule has 1 saturated heterocycles. The van der Waals surface area contributed by atoms with E-state index in [0.29, 0.717) is 38.0 Å². The van der Waals surface area contributed by atoms with E-state index >= 15 is 0 Å². The molecule has 4 rings (SSSR count). The van der Waals surface area contributed by atoms with E-state index in [9.17, 15) is 9.59 Å². The Balaban J connectivity index is 1.35. The molecule has 2 aromatic carbocycles. The Hall–Kier alpha value is -3.28. The van der Waals surface area contributed by atoms with Crippen LogP contribution in [0.1, 0.15) is 50.2 Å². The molecule has 2 heterocycles. The second-order valence-corrected chi connectivity index (χ2v) is 8.04. The van der Waals surface area contributed by atoms with Crippen molar-refractivity contribution in [3.63, 3.8) is 0 Å². The molecule has 1 aromatic heterocycles. The van der Waals surface area contributed by atoms with Gasteiger partial charge in [-0.05, 0) is 49.9 Å². The molecule has 3 aromatic rings. The second kappa shape index (κ2) is 8.61. The topological polar surface area (TPSA) is 68.1 Å². The lowest BCUT2D eigenvalue weighted by atomic mass is 9.87. The number of amides is 1. The average molecular weight is 402 g/mol. The Morgan fingerprint density at radius 3 is 2.40 bits per heavy atom. The summed E-state index contributed by atoms with van der Waals surface area (Å²) in [6, 6.07) is 13.6. The quantitative estimate of drug-likeness (QED) is 0.611. The van der Waals surface area contributed by atoms with E-state index in [1.165, 1.54) is 6.33 Å². The van der Waals surface area contributed by atoms with Gasteiger partial charge < -0.3 is 4.90 Å². The third kappa shape index (κ3) is 4.32. The van der Waals surface area contributed by atoms with Gasteiger partial charge in [-0.3, -0.25) is 9.59 Å². The van der Waals surface area contributed by atoms with E-state index in [1.54, 1.807) is 11.0 Å². The highest BCUT2D eigenvalue weighted by atomic mass is 16.2. The third-order valence-electron chi connectivity index (χ3n) is 5.81. The maximum Gasteiger partial charge on any atom is 0.253 e. The van der Waals surface area contributed by atoms with Gasteiger partial charge in [-0.1, -0.05) is 35.9 Å². The fourth-order valence-corrected chi connectivity index (χ4v) is 4.09. The first-order valence-electron chi connectivity index (χ1n) is 10.3. The van der Waals surface area contributed by atoms with Crippen molar-refractivity contribution in [1.82, 2.24) is 19.7 Å². The number of hydrogen-bond acceptors (Lipinski definition) is 4. The highest BCUT2D eigenvalue weighted by molar-refractivity contribution is 5.99. The lowest BCUT2D eigenvalue weighted by Gasteiger charge is -2.31. The van der Waals surface area contributed by atoms with Crippen molar-refractivity contribution in [3.8, 4) is 0 Å². The van der Waals surface area contributed by atoms with Gasteiger partial charge in [0.05, 0.1) is 6.54 Å². The summed E-state index contributed by atoms with van der Waals surface area (Å²) >= 11 is 0. The highest BCUT2D eigenvalue weighted by Crippen LogP contribution is 2.25. The first kappa shape index (κ1) is 20.0. The van der Waals surface area contributed by atoms with Crippen LogP contribution in [0.5, 0.6) is 0 Å². The standard InChI is InChI=1S/C24H26N4O2/c1-17-3-8-22(18(2)13-17)23(29)20-9-11-27(12-10-20)24(30)21-6-4-19(5-7-21)14-28-16-25-15-26-28/h3-8,13,15-16,20H,9-12,14H2,1-2H3. The van der Waals surface area contributed by atoms with Gasteiger partial charge in [0.25, 0.3) is 5.91 Å². The molecule has 0 atom stereocenters. The molecule has 0 unspecified atom stereocenters. The smallest absolute Gasteiger partial charge is 0.253 e. The highest BCUT2D eigenvalue weighted by Gasteiger charge is 2.29. The minimum Gasteiger partial charge on any atom is -0.339 e. The molecule has 0 radical (unpaired) electrons. The van der Waals surface area contributed by atoms with Crippen LogP contribution in [0.3, 0.4) is 0 Å². The minimum absolute atomic E-state index is 0.0134. The maximum absolute atomic E-state index is 12.9. The van der Waals surface area contributed by atoms with Crippen LogP contribution in [0.15, 0.2) is 55.1 Å². The first-order chi connectivity index (χ1) is 14.5. The van der Waals surface area contributed by atoms with Gasteiger partial charge in [0.15, 0.2) is 5.78 Å². The molecule has 1 aliphatic heterocycles. The zero-order valence-electron chi connectivity index (χ0n) is 17.4. The van der Waals surface area contributed by atoms with E-state index < -0.39 is 0 Å². The van der Waals surface area contributed by atoms with Crippen molar-refractivity contribution < 1.29 is 9.59 Å². The van der Waals surface area contributed by atoms with Crippen molar-refractivity contribution in [1.29, 1.82) is 0 Å². The summed E-state index contributed by atoms with van der Waals surface area (Å²) in [6.45, 7) is 5.88. The van der Waals surface area contributed by atoms with E-state index in [4.69, 9.17) is 0 Å². The Kier molecular flexibility index (Phi) is 5.74. The SMILES string of the molecule is Cc1ccc(C(=O)C2CCN(C(=O)c3ccc(Cn4cncn4)cc3)CC2)c(C)c1. The van der Waals surface area contributed by atoms with Crippen LogP contribution >= 0.6 is 0 Å². The number of carbonyl (C=O) groups is 2. The van der Waals surface area contributed by atoms with E-state index in [-0.39, 0.29) is 17.6 Å². The van der Waals surface area contributed by atoms with Gasteiger partial charge in [-0.25, -0.2) is 9.67 Å². The van der Waals surface area contributed by atoms with Crippen molar-refractivity contribution in [2.75, 3.05) is 13.1 Å². The minimum atomic E-state index is -0.0134. The fourth-order valence-electron chi connectivity index (χ4n) is 4.09. The van der Waals surface area contributed by atoms with Crippen molar-refractivity contribution >= 4 is 11.7 Å². The molecule has 154 valence electrons. The van der Waals surface area contributed by atoms with Crippen LogP contribution in [0.25, 0.3) is 0 Å². The second-order valence-electron chi connectivity index (χ2n) is 8.04. The summed E-state index contributed by atoms with van der Waals surface area (Å²) in [5, 5.41) is 4.10. The molecule has 1 amide bonds. The fraction of sp³-hybridized carbons (Fsp3) is 0.333. The van der Waals surface area contributed by atoms with Gasteiger partial charge in [-0.2, -0.15) is 5.10 Å². The molecule has 1 fully saturated rings. The molecule has 0 aliphatic carbocycles. The molecule has 6 heteroatoms. The van der Waals surface area contributed by atoms with Gasteiger partial charge in [0.1, 0.15) is 12.7 Å². The van der Waals surface area contributed by atoms with Crippen LogP contribution in [0.2, 0.25) is 0 Å². The monoisotopic (exact) mass is 402 g/mol. The van der Waals surface area contributed by atoms with Gasteiger partial charge in [0.2, 0.25) is 0 Å². The largest absolute Gasteiger partial charge is 0.339 e. The number of rotatable bonds is 5. The molecular formula is C24H26N4O2. The Morgan fingerprint density at radius 2 is 1.77 bits per heavy atom. The summed E-state index contributed by atoms with van der Waals surface area (Å²) in [5.41, 5.74) is 4.75. The predicted octanol–water partition coefficient (Wildman–Crippen LogP) is 3.68. The first-order valence-corrected chi connectivity index (χ1v) is 10.3. The van der Waals surface area contributed by atoms with Crippen molar-refractivity contribution in [2.45, 2.75) is 33.2 Å². The summed E-state index contributed by atoms with van der Waals surface area (Å²) in [5.74, 6) is 0.220. The zero-order chi connectivity index (χ0) is 21.1. The van der Waals surface area contributed by atoms with Crippen molar-refractivity contribution in [2.24, 2.45) is 5.92 Å². The molecule has 0 spiro atoms. The van der Waals surface area contributed by atoms with E-state index in [0.717, 1.165) is 22.3 Å². The zero-order valence-corrected chi connectivity index (χ0v) is 17.4. The molecule has 0 N–H and O–H groups in total. The average Bonchev–Trinajstić information content (AvgIpc) is 3.26. The normalized spacial score (nSPS) is 14.7. The van der Waals surface area contributed by atoms with E-state index in [2.05, 4.69) is 16.1 Å². The van der Waals surface area contributed by atoms with E-state index in [1.807, 2.05) is 55.1 Å². The van der Waals surface area contributed by atoms with Crippen LogP contribution in [-0.2, 0) is 6.54 Å². The van der Waals surface area contributed by atoms with Gasteiger partial charge >= 0.3 is 0 Å². The Labute approximate surface area is 176 Å². The number of aromatic nitrogens is 3. The number of nitrogens with zero attached hydrogens (tertiary/aromatic N) is 4. The van der Waals surface area contributed by atoms with Gasteiger partial charge in [-0.15, -0.1) is 0 Å². The summed E-state index contributed by atoms with van der Waals surface area (Å²) in [6.07, 6.45) is 4.60. The Bertz CT molecular complexity index is 1030. The predicted molar refractivity (Wildman–Crippen MR) is 114 cm³/mol. The summed E-state index contributed by atoms with van der Waals surface area (Å²) in [7, 11) is 0. The number of benzene rings is 2. The number of ketones is 1.